The molecule has 0 heterocycles. The first-order chi connectivity index (χ1) is 7.73. The maximum absolute atomic E-state index is 10.6. The number of rotatable bonds is 2. The highest BCUT2D eigenvalue weighted by Crippen LogP contribution is 2.13. The summed E-state index contributed by atoms with van der Waals surface area (Å²) in [6.45, 7) is 0. The number of para-hydroxylation sites is 1. The van der Waals surface area contributed by atoms with Gasteiger partial charge in [0.2, 0.25) is 0 Å². The summed E-state index contributed by atoms with van der Waals surface area (Å²) in [6, 6.07) is 8.51. The van der Waals surface area contributed by atoms with Crippen LogP contribution < -0.4 is 5.43 Å². The fourth-order valence-corrected chi connectivity index (χ4v) is 0.618. The Balaban J connectivity index is 0.000000325. The van der Waals surface area contributed by atoms with Crippen LogP contribution >= 0.6 is 0 Å². The number of carbonyl (C=O) groups is 1. The number of halogens is 3. The molecule has 0 spiro atoms. The normalized spacial score (nSPS) is 9.82. The lowest BCUT2D eigenvalue weighted by atomic mass is 10.3. The van der Waals surface area contributed by atoms with Crippen molar-refractivity contribution in [3.63, 3.8) is 0 Å². The van der Waals surface area contributed by atoms with Gasteiger partial charge in [0.15, 0.2) is 5.03 Å². The Bertz CT molecular complexity index is 380. The Hall–Kier alpha value is -2.32. The molecule has 0 saturated carbocycles. The van der Waals surface area contributed by atoms with E-state index in [4.69, 9.17) is 9.90 Å². The van der Waals surface area contributed by atoms with Crippen molar-refractivity contribution in [3.8, 4) is 0 Å². The number of nitrogens with one attached hydrogen (secondary N) is 1. The summed E-state index contributed by atoms with van der Waals surface area (Å²) in [5, 5.41) is 16.4. The summed E-state index contributed by atoms with van der Waals surface area (Å²) in [6.07, 6.45) is -5.08. The lowest BCUT2D eigenvalue weighted by molar-refractivity contribution is -0.445. The van der Waals surface area contributed by atoms with Crippen molar-refractivity contribution in [2.24, 2.45) is 0 Å². The number of hydrazine groups is 1. The Kier molecular flexibility index (Phi) is 5.44. The van der Waals surface area contributed by atoms with E-state index in [0.717, 1.165) is 0 Å². The van der Waals surface area contributed by atoms with Gasteiger partial charge in [0.25, 0.3) is 0 Å². The molecule has 0 amide bonds. The number of carboxylic acids is 1. The molecule has 0 saturated heterocycles. The van der Waals surface area contributed by atoms with Gasteiger partial charge in [-0.15, -0.1) is 5.43 Å². The number of anilines is 1. The predicted octanol–water partition coefficient (Wildman–Crippen LogP) is 1.92. The number of nitrogens with zero attached hydrogens (tertiary/aromatic N) is 1. The molecule has 0 aliphatic rings. The molecule has 9 heteroatoms. The van der Waals surface area contributed by atoms with Crippen LogP contribution in [0, 0.1) is 10.1 Å². The van der Waals surface area contributed by atoms with Crippen molar-refractivity contribution < 1.29 is 28.1 Å². The number of aliphatic carboxylic acids is 1. The van der Waals surface area contributed by atoms with Crippen LogP contribution in [-0.4, -0.2) is 22.3 Å². The van der Waals surface area contributed by atoms with E-state index in [9.17, 15) is 23.3 Å². The van der Waals surface area contributed by atoms with E-state index in [1.807, 2.05) is 5.43 Å². The van der Waals surface area contributed by atoms with Crippen LogP contribution in [0.25, 0.3) is 0 Å². The minimum atomic E-state index is -5.08. The zero-order valence-electron chi connectivity index (χ0n) is 8.14. The van der Waals surface area contributed by atoms with Crippen LogP contribution in [0.15, 0.2) is 30.3 Å². The highest BCUT2D eigenvalue weighted by Gasteiger charge is 2.38. The molecule has 0 aliphatic carbocycles. The van der Waals surface area contributed by atoms with Gasteiger partial charge < -0.3 is 5.11 Å². The van der Waals surface area contributed by atoms with Crippen molar-refractivity contribution in [1.82, 2.24) is 0 Å². The molecule has 0 radical (unpaired) electrons. The first-order valence-corrected chi connectivity index (χ1v) is 3.99. The van der Waals surface area contributed by atoms with Gasteiger partial charge in [-0.2, -0.15) is 13.2 Å². The zero-order chi connectivity index (χ0) is 13.5. The molecule has 0 fully saturated rings. The highest BCUT2D eigenvalue weighted by molar-refractivity contribution is 5.73. The Morgan fingerprint density at radius 2 is 1.71 bits per heavy atom. The van der Waals surface area contributed by atoms with E-state index in [-0.39, 0.29) is 0 Å². The fourth-order valence-electron chi connectivity index (χ4n) is 0.618. The third-order valence-corrected chi connectivity index (χ3v) is 1.24. The molecule has 17 heavy (non-hydrogen) atoms. The van der Waals surface area contributed by atoms with E-state index in [0.29, 0.717) is 5.69 Å². The predicted molar refractivity (Wildman–Crippen MR) is 50.7 cm³/mol. The van der Waals surface area contributed by atoms with Gasteiger partial charge in [-0.1, -0.05) is 18.2 Å². The van der Waals surface area contributed by atoms with Crippen LogP contribution in [0.3, 0.4) is 0 Å². The van der Waals surface area contributed by atoms with Crippen molar-refractivity contribution in [2.75, 3.05) is 5.43 Å². The Labute approximate surface area is 92.8 Å². The van der Waals surface area contributed by atoms with E-state index < -0.39 is 17.2 Å². The van der Waals surface area contributed by atoms with Gasteiger partial charge in [-0.3, -0.25) is 0 Å². The molecule has 6 nitrogen and oxygen atoms in total. The minimum Gasteiger partial charge on any atom is -0.475 e. The van der Waals surface area contributed by atoms with Crippen LogP contribution in [0.4, 0.5) is 18.9 Å². The second-order valence-electron chi connectivity index (χ2n) is 2.54. The van der Waals surface area contributed by atoms with Gasteiger partial charge in [0.05, 0.1) is 0 Å². The summed E-state index contributed by atoms with van der Waals surface area (Å²) < 4.78 is 31.7. The molecule has 0 atom stereocenters. The van der Waals surface area contributed by atoms with Crippen LogP contribution in [0.2, 0.25) is 0 Å². The molecule has 1 rings (SSSR count). The van der Waals surface area contributed by atoms with Crippen molar-refractivity contribution in [2.45, 2.75) is 6.18 Å². The van der Waals surface area contributed by atoms with Gasteiger partial charge in [-0.25, -0.2) is 14.9 Å². The highest BCUT2D eigenvalue weighted by atomic mass is 19.4. The zero-order valence-corrected chi connectivity index (χ0v) is 8.14. The Morgan fingerprint density at radius 1 is 1.29 bits per heavy atom. The molecule has 1 aromatic carbocycles. The van der Waals surface area contributed by atoms with E-state index in [1.54, 1.807) is 30.3 Å². The number of carboxylic acid groups (broad SMARTS) is 1. The monoisotopic (exact) mass is 252 g/mol. The lowest BCUT2D eigenvalue weighted by Crippen LogP contribution is -2.21. The molecular weight excluding hydrogens is 245 g/mol. The topological polar surface area (TPSA) is 92.5 Å². The van der Waals surface area contributed by atoms with Crippen LogP contribution in [-0.2, 0) is 4.79 Å². The van der Waals surface area contributed by atoms with Crippen molar-refractivity contribution >= 4 is 11.7 Å². The summed E-state index contributed by atoms with van der Waals surface area (Å²) in [5.41, 5.74) is 2.52. The van der Waals surface area contributed by atoms with Gasteiger partial charge >= 0.3 is 12.1 Å². The SMILES string of the molecule is O=C(O)C(F)(F)F.O=[N+]([O-])Nc1ccccc1. The van der Waals surface area contributed by atoms with Crippen LogP contribution in [0.5, 0.6) is 0 Å². The second kappa shape index (κ2) is 6.30. The Morgan fingerprint density at radius 3 is 2.00 bits per heavy atom. The van der Waals surface area contributed by atoms with Crippen molar-refractivity contribution in [3.05, 3.63) is 40.4 Å². The summed E-state index contributed by atoms with van der Waals surface area (Å²) >= 11 is 0. The molecular formula is C8H7F3N2O4. The molecule has 1 aromatic rings. The molecule has 0 unspecified atom stereocenters. The first-order valence-electron chi connectivity index (χ1n) is 3.99. The lowest BCUT2D eigenvalue weighted by Gasteiger charge is -1.93. The quantitative estimate of drug-likeness (QED) is 0.619. The second-order valence-corrected chi connectivity index (χ2v) is 2.54. The van der Waals surface area contributed by atoms with E-state index in [1.165, 1.54) is 0 Å². The summed E-state index contributed by atoms with van der Waals surface area (Å²) in [5.74, 6) is -2.76. The average molecular weight is 252 g/mol. The van der Waals surface area contributed by atoms with Gasteiger partial charge in [-0.05, 0) is 12.1 Å². The minimum absolute atomic E-state index is 0.493. The summed E-state index contributed by atoms with van der Waals surface area (Å²) in [4.78, 5) is 18.8. The number of benzene rings is 1. The maximum atomic E-state index is 10.6. The van der Waals surface area contributed by atoms with Gasteiger partial charge in [0, 0.05) is 0 Å². The standard InChI is InChI=1S/C6H6N2O2.C2HF3O2/c9-8(10)7-6-4-2-1-3-5-6;3-2(4,5)1(6)7/h1-5,7H;(H,6,7). The largest absolute Gasteiger partial charge is 0.490 e. The van der Waals surface area contributed by atoms with Crippen molar-refractivity contribution in [1.29, 1.82) is 0 Å². The number of alkyl halides is 3. The molecule has 0 aromatic heterocycles. The first kappa shape index (κ1) is 14.7. The van der Waals surface area contributed by atoms with Crippen LogP contribution in [0.1, 0.15) is 0 Å². The smallest absolute Gasteiger partial charge is 0.475 e. The average Bonchev–Trinajstić information content (AvgIpc) is 2.17. The van der Waals surface area contributed by atoms with Gasteiger partial charge in [0.1, 0.15) is 5.69 Å². The maximum Gasteiger partial charge on any atom is 0.490 e. The third-order valence-electron chi connectivity index (χ3n) is 1.24. The molecule has 0 aliphatic heterocycles. The number of hydrogen-bond acceptors (Lipinski definition) is 3. The fraction of sp³-hybridized carbons (Fsp3) is 0.125. The number of nitro groups is 1. The third kappa shape index (κ3) is 7.59. The molecule has 94 valence electrons. The molecule has 2 N–H and O–H groups in total. The summed E-state index contributed by atoms with van der Waals surface area (Å²) in [7, 11) is 0. The number of hydrogen-bond donors (Lipinski definition) is 2. The van der Waals surface area contributed by atoms with E-state index in [2.05, 4.69) is 0 Å². The molecule has 0 bridgehead atoms. The van der Waals surface area contributed by atoms with E-state index >= 15 is 0 Å².